The molecule has 0 bridgehead atoms. The quantitative estimate of drug-likeness (QED) is 0.813. The molecule has 1 unspecified atom stereocenters. The van der Waals surface area contributed by atoms with Crippen molar-refractivity contribution in [3.05, 3.63) is 16.4 Å². The topological polar surface area (TPSA) is 85.3 Å². The highest BCUT2D eigenvalue weighted by Crippen LogP contribution is 2.24. The lowest BCUT2D eigenvalue weighted by atomic mass is 10.1. The zero-order valence-corrected chi connectivity index (χ0v) is 10.8. The van der Waals surface area contributed by atoms with E-state index in [4.69, 9.17) is 9.63 Å². The molecule has 0 spiro atoms. The molecule has 1 aliphatic heterocycles. The van der Waals surface area contributed by atoms with Crippen LogP contribution in [0.4, 0.5) is 0 Å². The van der Waals surface area contributed by atoms with Crippen molar-refractivity contribution >= 4 is 17.7 Å². The van der Waals surface area contributed by atoms with Crippen molar-refractivity contribution in [2.24, 2.45) is 0 Å². The van der Waals surface area contributed by atoms with Gasteiger partial charge in [-0.3, -0.25) is 13.9 Å². The number of fused-ring (bicyclic) bond motifs is 1. The minimum Gasteiger partial charge on any atom is -0.481 e. The van der Waals surface area contributed by atoms with E-state index in [1.54, 1.807) is 16.3 Å². The molecule has 1 aromatic rings. The smallest absolute Gasteiger partial charge is 0.441 e. The molecular formula is C11H16N2O4S. The molecule has 100 valence electrons. The Labute approximate surface area is 108 Å². The van der Waals surface area contributed by atoms with Crippen LogP contribution in [-0.2, 0) is 11.2 Å². The molecule has 1 aromatic heterocycles. The van der Waals surface area contributed by atoms with Crippen molar-refractivity contribution in [3.8, 4) is 0 Å². The molecule has 0 radical (unpaired) electrons. The molecule has 7 heteroatoms. The molecule has 0 saturated heterocycles. The molecule has 0 fully saturated rings. The Bertz CT molecular complexity index is 468. The molecule has 0 aromatic carbocycles. The van der Waals surface area contributed by atoms with E-state index in [2.05, 4.69) is 5.16 Å². The number of rotatable bonds is 5. The van der Waals surface area contributed by atoms with Gasteiger partial charge < -0.3 is 5.11 Å². The Morgan fingerprint density at radius 2 is 2.39 bits per heavy atom. The lowest BCUT2D eigenvalue weighted by Gasteiger charge is -2.15. The minimum atomic E-state index is -0.786. The van der Waals surface area contributed by atoms with Crippen LogP contribution in [0.25, 0.3) is 0 Å². The molecule has 1 aliphatic rings. The first kappa shape index (κ1) is 13.2. The van der Waals surface area contributed by atoms with Crippen molar-refractivity contribution in [2.75, 3.05) is 11.5 Å². The summed E-state index contributed by atoms with van der Waals surface area (Å²) in [5, 5.41) is 12.4. The first-order valence-electron chi connectivity index (χ1n) is 6.05. The molecule has 2 rings (SSSR count). The number of aromatic nitrogens is 2. The van der Waals surface area contributed by atoms with E-state index in [0.29, 0.717) is 5.75 Å². The average Bonchev–Trinajstić information content (AvgIpc) is 2.58. The number of thioether (sulfide) groups is 1. The van der Waals surface area contributed by atoms with Gasteiger partial charge in [0.1, 0.15) is 0 Å². The zero-order chi connectivity index (χ0) is 13.0. The second kappa shape index (κ2) is 6.08. The maximum atomic E-state index is 11.6. The van der Waals surface area contributed by atoms with Crippen LogP contribution in [0.15, 0.2) is 9.32 Å². The predicted octanol–water partition coefficient (Wildman–Crippen LogP) is 1.31. The number of hydrogen-bond acceptors (Lipinski definition) is 5. The second-order valence-corrected chi connectivity index (χ2v) is 5.50. The fraction of sp³-hybridized carbons (Fsp3) is 0.727. The van der Waals surface area contributed by atoms with E-state index >= 15 is 0 Å². The van der Waals surface area contributed by atoms with E-state index in [1.807, 2.05) is 0 Å². The van der Waals surface area contributed by atoms with Crippen LogP contribution in [0.2, 0.25) is 0 Å². The molecule has 0 saturated carbocycles. The van der Waals surface area contributed by atoms with Crippen molar-refractivity contribution < 1.29 is 14.4 Å². The molecular weight excluding hydrogens is 256 g/mol. The lowest BCUT2D eigenvalue weighted by Crippen LogP contribution is -2.23. The molecule has 0 amide bonds. The molecule has 1 N–H and O–H groups in total. The van der Waals surface area contributed by atoms with Gasteiger partial charge in [0, 0.05) is 17.9 Å². The number of hydrogen-bond donors (Lipinski definition) is 1. The van der Waals surface area contributed by atoms with Gasteiger partial charge in [-0.2, -0.15) is 11.8 Å². The highest BCUT2D eigenvalue weighted by molar-refractivity contribution is 7.99. The maximum Gasteiger partial charge on any atom is 0.441 e. The Balaban J connectivity index is 1.97. The number of carboxylic acid groups (broad SMARTS) is 1. The number of carbonyl (C=O) groups is 1. The van der Waals surface area contributed by atoms with Gasteiger partial charge >= 0.3 is 11.7 Å². The van der Waals surface area contributed by atoms with Crippen LogP contribution in [0.3, 0.4) is 0 Å². The third kappa shape index (κ3) is 3.16. The highest BCUT2D eigenvalue weighted by Gasteiger charge is 2.22. The van der Waals surface area contributed by atoms with Gasteiger partial charge in [0.15, 0.2) is 5.82 Å². The molecule has 6 nitrogen and oxygen atoms in total. The van der Waals surface area contributed by atoms with Crippen LogP contribution < -0.4 is 5.76 Å². The van der Waals surface area contributed by atoms with Gasteiger partial charge in [-0.05, 0) is 12.8 Å². The SMILES string of the molecule is O=C(O)CCSCC1CCCCc2noc(=O)n21. The number of aliphatic carboxylic acids is 1. The largest absolute Gasteiger partial charge is 0.481 e. The Morgan fingerprint density at radius 1 is 1.56 bits per heavy atom. The summed E-state index contributed by atoms with van der Waals surface area (Å²) in [4.78, 5) is 22.0. The van der Waals surface area contributed by atoms with Gasteiger partial charge in [0.25, 0.3) is 0 Å². The van der Waals surface area contributed by atoms with Gasteiger partial charge in [-0.25, -0.2) is 4.79 Å². The summed E-state index contributed by atoms with van der Waals surface area (Å²) in [7, 11) is 0. The fourth-order valence-corrected chi connectivity index (χ4v) is 3.21. The van der Waals surface area contributed by atoms with Crippen LogP contribution >= 0.6 is 11.8 Å². The monoisotopic (exact) mass is 272 g/mol. The normalized spacial score (nSPS) is 19.2. The van der Waals surface area contributed by atoms with Crippen LogP contribution in [-0.4, -0.2) is 32.3 Å². The van der Waals surface area contributed by atoms with E-state index in [0.717, 1.165) is 37.3 Å². The summed E-state index contributed by atoms with van der Waals surface area (Å²) >= 11 is 1.56. The standard InChI is InChI=1S/C11H16N2O4S/c14-10(15)5-6-18-7-8-3-1-2-4-9-12-17-11(16)13(8)9/h8H,1-7H2,(H,14,15). The third-order valence-corrected chi connectivity index (χ3v) is 4.14. The van der Waals surface area contributed by atoms with Crippen molar-refractivity contribution in [1.82, 2.24) is 9.72 Å². The van der Waals surface area contributed by atoms with Gasteiger partial charge in [0.05, 0.1) is 12.5 Å². The van der Waals surface area contributed by atoms with Gasteiger partial charge in [0.2, 0.25) is 0 Å². The summed E-state index contributed by atoms with van der Waals surface area (Å²) in [6.07, 6.45) is 3.94. The van der Waals surface area contributed by atoms with Crippen molar-refractivity contribution in [1.29, 1.82) is 0 Å². The first-order chi connectivity index (χ1) is 8.68. The van der Waals surface area contributed by atoms with Crippen molar-refractivity contribution in [3.63, 3.8) is 0 Å². The summed E-state index contributed by atoms with van der Waals surface area (Å²) < 4.78 is 6.34. The second-order valence-electron chi connectivity index (χ2n) is 4.35. The fourth-order valence-electron chi connectivity index (χ4n) is 2.14. The number of carboxylic acids is 1. The minimum absolute atomic E-state index is 0.0834. The molecule has 18 heavy (non-hydrogen) atoms. The summed E-state index contributed by atoms with van der Waals surface area (Å²) in [6, 6.07) is 0.0834. The Kier molecular flexibility index (Phi) is 4.46. The summed E-state index contributed by atoms with van der Waals surface area (Å²) in [5.41, 5.74) is 0. The maximum absolute atomic E-state index is 11.6. The van der Waals surface area contributed by atoms with Crippen LogP contribution in [0.1, 0.15) is 37.5 Å². The van der Waals surface area contributed by atoms with Crippen molar-refractivity contribution in [2.45, 2.75) is 38.1 Å². The van der Waals surface area contributed by atoms with Crippen LogP contribution in [0.5, 0.6) is 0 Å². The Morgan fingerprint density at radius 3 is 3.17 bits per heavy atom. The van der Waals surface area contributed by atoms with E-state index in [-0.39, 0.29) is 12.5 Å². The Hall–Kier alpha value is -1.24. The molecule has 0 aliphatic carbocycles. The van der Waals surface area contributed by atoms with Crippen LogP contribution in [0, 0.1) is 0 Å². The van der Waals surface area contributed by atoms with Gasteiger partial charge in [-0.1, -0.05) is 11.6 Å². The molecule has 2 heterocycles. The summed E-state index contributed by atoms with van der Waals surface area (Å²) in [5.74, 6) is 0.853. The number of aryl methyl sites for hydroxylation is 1. The van der Waals surface area contributed by atoms with E-state index < -0.39 is 11.7 Å². The lowest BCUT2D eigenvalue weighted by molar-refractivity contribution is -0.136. The average molecular weight is 272 g/mol. The molecule has 1 atom stereocenters. The van der Waals surface area contributed by atoms with Gasteiger partial charge in [-0.15, -0.1) is 0 Å². The third-order valence-electron chi connectivity index (χ3n) is 3.03. The highest BCUT2D eigenvalue weighted by atomic mass is 32.2. The summed E-state index contributed by atoms with van der Waals surface area (Å²) in [6.45, 7) is 0. The first-order valence-corrected chi connectivity index (χ1v) is 7.20. The number of nitrogens with zero attached hydrogens (tertiary/aromatic N) is 2. The van der Waals surface area contributed by atoms with E-state index in [9.17, 15) is 9.59 Å². The van der Waals surface area contributed by atoms with E-state index in [1.165, 1.54) is 0 Å². The zero-order valence-electron chi connectivity index (χ0n) is 10.0. The predicted molar refractivity (Wildman–Crippen MR) is 66.9 cm³/mol.